The molecule has 1 N–H and O–H groups in total. The number of imidazole rings is 1. The minimum atomic E-state index is -0.260. The smallest absolute Gasteiger partial charge is 0.275 e. The van der Waals surface area contributed by atoms with Crippen molar-refractivity contribution in [1.82, 2.24) is 9.38 Å². The first kappa shape index (κ1) is 15.8. The Hall–Kier alpha value is -3.73. The number of fused-ring (bicyclic) bond motifs is 1. The van der Waals surface area contributed by atoms with Crippen molar-refractivity contribution in [3.8, 4) is 11.1 Å². The summed E-state index contributed by atoms with van der Waals surface area (Å²) in [6.45, 7) is 0. The van der Waals surface area contributed by atoms with Crippen LogP contribution in [0.3, 0.4) is 0 Å². The van der Waals surface area contributed by atoms with E-state index < -0.39 is 0 Å². The van der Waals surface area contributed by atoms with Crippen LogP contribution < -0.4 is 5.32 Å². The predicted molar refractivity (Wildman–Crippen MR) is 100 cm³/mol. The first-order chi connectivity index (χ1) is 12.7. The SMILES string of the molecule is O=Cc1cccc(-c2ccc3nc(C(=O)Nc4ccccc4)cn3c2)c1. The number of amides is 1. The first-order valence-corrected chi connectivity index (χ1v) is 8.14. The fraction of sp³-hybridized carbons (Fsp3) is 0. The highest BCUT2D eigenvalue weighted by atomic mass is 16.1. The van der Waals surface area contributed by atoms with Gasteiger partial charge >= 0.3 is 0 Å². The van der Waals surface area contributed by atoms with Crippen molar-refractivity contribution in [2.24, 2.45) is 0 Å². The van der Waals surface area contributed by atoms with Crippen LogP contribution in [0.4, 0.5) is 5.69 Å². The van der Waals surface area contributed by atoms with Crippen molar-refractivity contribution in [2.75, 3.05) is 5.32 Å². The van der Waals surface area contributed by atoms with Gasteiger partial charge in [0, 0.05) is 23.6 Å². The van der Waals surface area contributed by atoms with E-state index in [-0.39, 0.29) is 5.91 Å². The van der Waals surface area contributed by atoms with Crippen molar-refractivity contribution in [1.29, 1.82) is 0 Å². The molecule has 0 bridgehead atoms. The van der Waals surface area contributed by atoms with E-state index in [1.165, 1.54) is 0 Å². The van der Waals surface area contributed by atoms with E-state index in [9.17, 15) is 9.59 Å². The summed E-state index contributed by atoms with van der Waals surface area (Å²) in [4.78, 5) is 27.7. The summed E-state index contributed by atoms with van der Waals surface area (Å²) in [5, 5.41) is 2.83. The van der Waals surface area contributed by atoms with Crippen molar-refractivity contribution in [3.63, 3.8) is 0 Å². The molecule has 5 nitrogen and oxygen atoms in total. The second-order valence-electron chi connectivity index (χ2n) is 5.87. The zero-order valence-corrected chi connectivity index (χ0v) is 13.8. The maximum absolute atomic E-state index is 12.4. The lowest BCUT2D eigenvalue weighted by molar-refractivity contribution is 0.102. The minimum absolute atomic E-state index is 0.260. The van der Waals surface area contributed by atoms with Crippen LogP contribution >= 0.6 is 0 Å². The molecule has 26 heavy (non-hydrogen) atoms. The van der Waals surface area contributed by atoms with Crippen LogP contribution in [0.2, 0.25) is 0 Å². The van der Waals surface area contributed by atoms with E-state index in [4.69, 9.17) is 0 Å². The normalized spacial score (nSPS) is 10.6. The van der Waals surface area contributed by atoms with Crippen LogP contribution in [0.1, 0.15) is 20.8 Å². The predicted octanol–water partition coefficient (Wildman–Crippen LogP) is 4.07. The van der Waals surface area contributed by atoms with Gasteiger partial charge in [-0.05, 0) is 41.5 Å². The number of aromatic nitrogens is 2. The summed E-state index contributed by atoms with van der Waals surface area (Å²) in [6.07, 6.45) is 4.41. The van der Waals surface area contributed by atoms with E-state index in [1.54, 1.807) is 12.3 Å². The van der Waals surface area contributed by atoms with Crippen molar-refractivity contribution in [3.05, 3.63) is 90.4 Å². The Morgan fingerprint density at radius 2 is 1.77 bits per heavy atom. The maximum atomic E-state index is 12.4. The Morgan fingerprint density at radius 1 is 0.923 bits per heavy atom. The molecule has 1 amide bonds. The van der Waals surface area contributed by atoms with Gasteiger partial charge in [-0.1, -0.05) is 36.4 Å². The summed E-state index contributed by atoms with van der Waals surface area (Å²) in [6, 6.07) is 20.4. The topological polar surface area (TPSA) is 63.5 Å². The molecule has 0 radical (unpaired) electrons. The fourth-order valence-electron chi connectivity index (χ4n) is 2.78. The Bertz CT molecular complexity index is 1100. The van der Waals surface area contributed by atoms with Gasteiger partial charge in [0.15, 0.2) is 0 Å². The maximum Gasteiger partial charge on any atom is 0.275 e. The average molecular weight is 341 g/mol. The Kier molecular flexibility index (Phi) is 4.03. The van der Waals surface area contributed by atoms with Gasteiger partial charge in [-0.25, -0.2) is 4.98 Å². The molecule has 0 spiro atoms. The number of hydrogen-bond acceptors (Lipinski definition) is 3. The number of carbonyl (C=O) groups is 2. The van der Waals surface area contributed by atoms with Crippen LogP contribution in [0.15, 0.2) is 79.1 Å². The fourth-order valence-corrected chi connectivity index (χ4v) is 2.78. The zero-order chi connectivity index (χ0) is 17.9. The molecule has 0 aliphatic carbocycles. The van der Waals surface area contributed by atoms with Gasteiger partial charge in [-0.15, -0.1) is 0 Å². The minimum Gasteiger partial charge on any atom is -0.321 e. The van der Waals surface area contributed by atoms with Gasteiger partial charge < -0.3 is 9.72 Å². The van der Waals surface area contributed by atoms with Gasteiger partial charge in [0.2, 0.25) is 0 Å². The Morgan fingerprint density at radius 3 is 2.58 bits per heavy atom. The second kappa shape index (κ2) is 6.64. The summed E-state index contributed by atoms with van der Waals surface area (Å²) >= 11 is 0. The van der Waals surface area contributed by atoms with Crippen molar-refractivity contribution >= 4 is 23.5 Å². The van der Waals surface area contributed by atoms with Gasteiger partial charge in [-0.3, -0.25) is 9.59 Å². The van der Waals surface area contributed by atoms with E-state index in [0.717, 1.165) is 23.1 Å². The quantitative estimate of drug-likeness (QED) is 0.569. The monoisotopic (exact) mass is 341 g/mol. The molecule has 4 aromatic rings. The number of carbonyl (C=O) groups excluding carboxylic acids is 2. The molecule has 0 unspecified atom stereocenters. The summed E-state index contributed by atoms with van der Waals surface area (Å²) in [5.74, 6) is -0.260. The third kappa shape index (κ3) is 3.10. The number of anilines is 1. The molecule has 2 aromatic carbocycles. The van der Waals surface area contributed by atoms with E-state index in [0.29, 0.717) is 16.9 Å². The third-order valence-electron chi connectivity index (χ3n) is 4.07. The first-order valence-electron chi connectivity index (χ1n) is 8.14. The Balaban J connectivity index is 1.65. The standard InChI is InChI=1S/C21H15N3O2/c25-14-15-5-4-6-16(11-15)17-9-10-20-23-19(13-24(20)12-17)21(26)22-18-7-2-1-3-8-18/h1-14H,(H,22,26). The van der Waals surface area contributed by atoms with Gasteiger partial charge in [-0.2, -0.15) is 0 Å². The van der Waals surface area contributed by atoms with Crippen LogP contribution in [0.5, 0.6) is 0 Å². The number of nitrogens with zero attached hydrogens (tertiary/aromatic N) is 2. The highest BCUT2D eigenvalue weighted by Gasteiger charge is 2.11. The molecule has 0 atom stereocenters. The molecule has 2 aromatic heterocycles. The molecule has 0 aliphatic heterocycles. The third-order valence-corrected chi connectivity index (χ3v) is 4.07. The molecule has 126 valence electrons. The lowest BCUT2D eigenvalue weighted by Gasteiger charge is -2.03. The lowest BCUT2D eigenvalue weighted by atomic mass is 10.1. The number of pyridine rings is 1. The average Bonchev–Trinajstić information content (AvgIpc) is 3.12. The molecular weight excluding hydrogens is 326 g/mol. The molecule has 4 rings (SSSR count). The van der Waals surface area contributed by atoms with Crippen LogP contribution in [-0.2, 0) is 0 Å². The number of nitrogens with one attached hydrogen (secondary N) is 1. The molecular formula is C21H15N3O2. The zero-order valence-electron chi connectivity index (χ0n) is 13.8. The van der Waals surface area contributed by atoms with E-state index in [2.05, 4.69) is 10.3 Å². The summed E-state index contributed by atoms with van der Waals surface area (Å²) in [5.41, 5.74) is 4.23. The number of benzene rings is 2. The summed E-state index contributed by atoms with van der Waals surface area (Å²) < 4.78 is 1.81. The number of para-hydroxylation sites is 1. The van der Waals surface area contributed by atoms with Crippen LogP contribution in [0.25, 0.3) is 16.8 Å². The molecule has 0 fully saturated rings. The molecule has 0 saturated carbocycles. The Labute approximate surface area is 149 Å². The number of rotatable bonds is 4. The number of aldehydes is 1. The highest BCUT2D eigenvalue weighted by molar-refractivity contribution is 6.03. The largest absolute Gasteiger partial charge is 0.321 e. The second-order valence-corrected chi connectivity index (χ2v) is 5.87. The molecule has 0 saturated heterocycles. The van der Waals surface area contributed by atoms with Crippen LogP contribution in [0, 0.1) is 0 Å². The van der Waals surface area contributed by atoms with Gasteiger partial charge in [0.25, 0.3) is 5.91 Å². The van der Waals surface area contributed by atoms with E-state index >= 15 is 0 Å². The number of hydrogen-bond donors (Lipinski definition) is 1. The van der Waals surface area contributed by atoms with Gasteiger partial charge in [0.1, 0.15) is 17.6 Å². The molecule has 0 aliphatic rings. The molecule has 5 heteroatoms. The molecule has 2 heterocycles. The van der Waals surface area contributed by atoms with Crippen LogP contribution in [-0.4, -0.2) is 21.6 Å². The summed E-state index contributed by atoms with van der Waals surface area (Å²) in [7, 11) is 0. The highest BCUT2D eigenvalue weighted by Crippen LogP contribution is 2.21. The van der Waals surface area contributed by atoms with Gasteiger partial charge in [0.05, 0.1) is 0 Å². The van der Waals surface area contributed by atoms with Crippen molar-refractivity contribution < 1.29 is 9.59 Å². The van der Waals surface area contributed by atoms with E-state index in [1.807, 2.05) is 71.3 Å². The lowest BCUT2D eigenvalue weighted by Crippen LogP contribution is -2.11. The van der Waals surface area contributed by atoms with Crippen molar-refractivity contribution in [2.45, 2.75) is 0 Å².